The maximum Gasteiger partial charge on any atom is 0.136 e. The van der Waals surface area contributed by atoms with Gasteiger partial charge in [0.15, 0.2) is 0 Å². The Labute approximate surface area is 166 Å². The van der Waals surface area contributed by atoms with Gasteiger partial charge in [0.1, 0.15) is 23.0 Å². The molecule has 4 heteroatoms. The van der Waals surface area contributed by atoms with Gasteiger partial charge in [0, 0.05) is 42.1 Å². The van der Waals surface area contributed by atoms with Crippen molar-refractivity contribution in [3.63, 3.8) is 0 Å². The van der Waals surface area contributed by atoms with Gasteiger partial charge in [-0.2, -0.15) is 5.26 Å². The van der Waals surface area contributed by atoms with Gasteiger partial charge in [0.2, 0.25) is 0 Å². The van der Waals surface area contributed by atoms with Gasteiger partial charge in [-0.15, -0.1) is 0 Å². The van der Waals surface area contributed by atoms with Crippen LogP contribution in [0, 0.1) is 11.3 Å². The number of nitrogens with zero attached hydrogens (tertiary/aromatic N) is 2. The van der Waals surface area contributed by atoms with Crippen molar-refractivity contribution in [3.05, 3.63) is 76.5 Å². The molecule has 0 spiro atoms. The lowest BCUT2D eigenvalue weighted by molar-refractivity contribution is 0.313. The van der Waals surface area contributed by atoms with Gasteiger partial charge in [-0.25, -0.2) is 0 Å². The monoisotopic (exact) mass is 372 g/mol. The summed E-state index contributed by atoms with van der Waals surface area (Å²) in [7, 11) is 0. The van der Waals surface area contributed by atoms with Gasteiger partial charge in [-0.05, 0) is 75.1 Å². The van der Waals surface area contributed by atoms with Gasteiger partial charge in [-0.3, -0.25) is 0 Å². The highest BCUT2D eigenvalue weighted by molar-refractivity contribution is 5.76. The molecule has 0 saturated carbocycles. The summed E-state index contributed by atoms with van der Waals surface area (Å²) in [5.74, 6) is 3.04. The predicted molar refractivity (Wildman–Crippen MR) is 111 cm³/mol. The SMILES string of the molecule is CC1=C/C(=C(\C)C#N)C=C(/C=C2\C=C(C)c3ccc(N4CCCC4)cc3O2)O1. The number of hydrogen-bond acceptors (Lipinski definition) is 4. The van der Waals surface area contributed by atoms with E-state index < -0.39 is 0 Å². The zero-order chi connectivity index (χ0) is 19.7. The first-order chi connectivity index (χ1) is 13.5. The Bertz CT molecular complexity index is 1010. The van der Waals surface area contributed by atoms with Crippen molar-refractivity contribution < 1.29 is 9.47 Å². The van der Waals surface area contributed by atoms with Crippen LogP contribution in [0.4, 0.5) is 5.69 Å². The first-order valence-electron chi connectivity index (χ1n) is 9.69. The number of rotatable bonds is 2. The summed E-state index contributed by atoms with van der Waals surface area (Å²) in [6.45, 7) is 8.00. The lowest BCUT2D eigenvalue weighted by atomic mass is 10.0. The largest absolute Gasteiger partial charge is 0.462 e. The van der Waals surface area contributed by atoms with E-state index in [4.69, 9.17) is 9.47 Å². The van der Waals surface area contributed by atoms with Gasteiger partial charge >= 0.3 is 0 Å². The molecule has 3 aliphatic rings. The van der Waals surface area contributed by atoms with Crippen molar-refractivity contribution in [2.24, 2.45) is 0 Å². The molecule has 0 aliphatic carbocycles. The van der Waals surface area contributed by atoms with Gasteiger partial charge in [0.05, 0.1) is 6.07 Å². The Morgan fingerprint density at radius 2 is 1.89 bits per heavy atom. The minimum absolute atomic E-state index is 0.662. The molecule has 0 radical (unpaired) electrons. The maximum atomic E-state index is 9.18. The molecule has 142 valence electrons. The number of nitriles is 1. The Balaban J connectivity index is 1.65. The topological polar surface area (TPSA) is 45.5 Å². The van der Waals surface area contributed by atoms with Crippen LogP contribution >= 0.6 is 0 Å². The van der Waals surface area contributed by atoms with Crippen molar-refractivity contribution in [3.8, 4) is 11.8 Å². The number of anilines is 1. The average molecular weight is 372 g/mol. The third-order valence-corrected chi connectivity index (χ3v) is 5.27. The highest BCUT2D eigenvalue weighted by atomic mass is 16.5. The Morgan fingerprint density at radius 1 is 1.11 bits per heavy atom. The molecule has 0 amide bonds. The number of ether oxygens (including phenoxy) is 2. The zero-order valence-corrected chi connectivity index (χ0v) is 16.6. The molecule has 0 atom stereocenters. The third kappa shape index (κ3) is 3.61. The summed E-state index contributed by atoms with van der Waals surface area (Å²) in [6.07, 6.45) is 10.2. The van der Waals surface area contributed by atoms with E-state index >= 15 is 0 Å². The van der Waals surface area contributed by atoms with Crippen LogP contribution in [0.5, 0.6) is 5.75 Å². The molecule has 1 aromatic rings. The van der Waals surface area contributed by atoms with Crippen LogP contribution in [0.15, 0.2) is 70.9 Å². The molecular formula is C24H24N2O2. The van der Waals surface area contributed by atoms with Gasteiger partial charge < -0.3 is 14.4 Å². The third-order valence-electron chi connectivity index (χ3n) is 5.27. The fraction of sp³-hybridized carbons (Fsp3) is 0.292. The molecule has 0 N–H and O–H groups in total. The Morgan fingerprint density at radius 3 is 2.64 bits per heavy atom. The molecular weight excluding hydrogens is 348 g/mol. The summed E-state index contributed by atoms with van der Waals surface area (Å²) < 4.78 is 12.0. The molecule has 3 heterocycles. The first kappa shape index (κ1) is 18.2. The Kier molecular flexibility index (Phi) is 4.83. The number of fused-ring (bicyclic) bond motifs is 1. The molecule has 0 unspecified atom stereocenters. The van der Waals surface area contributed by atoms with Crippen molar-refractivity contribution >= 4 is 11.3 Å². The van der Waals surface area contributed by atoms with E-state index in [2.05, 4.69) is 36.1 Å². The van der Waals surface area contributed by atoms with Crippen LogP contribution in [0.25, 0.3) is 5.57 Å². The fourth-order valence-electron chi connectivity index (χ4n) is 3.76. The first-order valence-corrected chi connectivity index (χ1v) is 9.69. The minimum atomic E-state index is 0.662. The second-order valence-electron chi connectivity index (χ2n) is 7.45. The fourth-order valence-corrected chi connectivity index (χ4v) is 3.76. The number of benzene rings is 1. The van der Waals surface area contributed by atoms with Gasteiger partial charge in [-0.1, -0.05) is 0 Å². The summed E-state index contributed by atoms with van der Waals surface area (Å²) in [5, 5.41) is 9.18. The quantitative estimate of drug-likeness (QED) is 0.632. The summed E-state index contributed by atoms with van der Waals surface area (Å²) in [5.41, 5.74) is 5.03. The molecule has 1 fully saturated rings. The maximum absolute atomic E-state index is 9.18. The highest BCUT2D eigenvalue weighted by Gasteiger charge is 2.19. The molecule has 4 rings (SSSR count). The van der Waals surface area contributed by atoms with E-state index in [0.717, 1.165) is 47.1 Å². The van der Waals surface area contributed by atoms with Crippen molar-refractivity contribution in [2.45, 2.75) is 33.6 Å². The average Bonchev–Trinajstić information content (AvgIpc) is 3.21. The second kappa shape index (κ2) is 7.44. The second-order valence-corrected chi connectivity index (χ2v) is 7.45. The van der Waals surface area contributed by atoms with Crippen molar-refractivity contribution in [1.82, 2.24) is 0 Å². The molecule has 4 nitrogen and oxygen atoms in total. The van der Waals surface area contributed by atoms with E-state index in [-0.39, 0.29) is 0 Å². The molecule has 0 bridgehead atoms. The van der Waals surface area contributed by atoms with Crippen LogP contribution in [-0.4, -0.2) is 13.1 Å². The Hall–Kier alpha value is -3.19. The zero-order valence-electron chi connectivity index (χ0n) is 16.6. The van der Waals surface area contributed by atoms with Crippen LogP contribution < -0.4 is 9.64 Å². The van der Waals surface area contributed by atoms with Crippen molar-refractivity contribution in [1.29, 1.82) is 5.26 Å². The number of hydrogen-bond donors (Lipinski definition) is 0. The molecule has 28 heavy (non-hydrogen) atoms. The smallest absolute Gasteiger partial charge is 0.136 e. The summed E-state index contributed by atoms with van der Waals surface area (Å²) in [6, 6.07) is 8.66. The predicted octanol–water partition coefficient (Wildman–Crippen LogP) is 5.62. The van der Waals surface area contributed by atoms with Crippen molar-refractivity contribution in [2.75, 3.05) is 18.0 Å². The standard InChI is InChI=1S/C24H24N2O2/c1-16-10-21(14-22-12-19(17(2)15-25)11-18(3)27-22)28-24-13-20(6-7-23(16)24)26-8-4-5-9-26/h6-7,10-14H,4-5,8-9H2,1-3H3/b19-17-,21-14+. The van der Waals surface area contributed by atoms with Crippen LogP contribution in [0.2, 0.25) is 0 Å². The lowest BCUT2D eigenvalue weighted by Gasteiger charge is -2.23. The van der Waals surface area contributed by atoms with Crippen LogP contribution in [0.1, 0.15) is 39.2 Å². The van der Waals surface area contributed by atoms with Crippen LogP contribution in [-0.2, 0) is 4.74 Å². The van der Waals surface area contributed by atoms with E-state index in [0.29, 0.717) is 11.3 Å². The summed E-state index contributed by atoms with van der Waals surface area (Å²) in [4.78, 5) is 2.41. The van der Waals surface area contributed by atoms with Gasteiger partial charge in [0.25, 0.3) is 0 Å². The molecule has 3 aliphatic heterocycles. The van der Waals surface area contributed by atoms with E-state index in [1.165, 1.54) is 18.5 Å². The van der Waals surface area contributed by atoms with E-state index in [1.807, 2.05) is 38.2 Å². The minimum Gasteiger partial charge on any atom is -0.462 e. The normalized spacial score (nSPS) is 21.7. The molecule has 1 aromatic carbocycles. The molecule has 1 saturated heterocycles. The van der Waals surface area contributed by atoms with Crippen LogP contribution in [0.3, 0.4) is 0 Å². The van der Waals surface area contributed by atoms with E-state index in [1.54, 1.807) is 0 Å². The summed E-state index contributed by atoms with van der Waals surface area (Å²) >= 11 is 0. The lowest BCUT2D eigenvalue weighted by Crippen LogP contribution is -2.17. The highest BCUT2D eigenvalue weighted by Crippen LogP contribution is 2.37. The van der Waals surface area contributed by atoms with E-state index in [9.17, 15) is 5.26 Å². The molecule has 0 aromatic heterocycles. The number of allylic oxidation sites excluding steroid dienone is 8.